The van der Waals surface area contributed by atoms with E-state index in [0.717, 1.165) is 31.2 Å². The molecule has 2 aliphatic rings. The van der Waals surface area contributed by atoms with Gasteiger partial charge in [0.15, 0.2) is 0 Å². The van der Waals surface area contributed by atoms with Gasteiger partial charge in [-0.15, -0.1) is 11.3 Å². The summed E-state index contributed by atoms with van der Waals surface area (Å²) in [6, 6.07) is 1.85. The summed E-state index contributed by atoms with van der Waals surface area (Å²) in [6.07, 6.45) is 3.80. The van der Waals surface area contributed by atoms with E-state index in [2.05, 4.69) is 4.99 Å². The second-order valence-corrected chi connectivity index (χ2v) is 8.85. The van der Waals surface area contributed by atoms with Crippen LogP contribution in [-0.4, -0.2) is 44.1 Å². The number of nitrogens with zero attached hydrogens (tertiary/aromatic N) is 1. The van der Waals surface area contributed by atoms with Gasteiger partial charge in [-0.1, -0.05) is 11.6 Å². The monoisotopic (exact) mass is 439 g/mol. The summed E-state index contributed by atoms with van der Waals surface area (Å²) in [5.74, 6) is -2.17. The number of esters is 2. The van der Waals surface area contributed by atoms with Gasteiger partial charge in [0.1, 0.15) is 18.6 Å². The Hall–Kier alpha value is -1.70. The molecule has 2 unspecified atom stereocenters. The molecule has 2 heterocycles. The van der Waals surface area contributed by atoms with Gasteiger partial charge in [0.2, 0.25) is 0 Å². The molecule has 0 spiro atoms. The highest BCUT2D eigenvalue weighted by atomic mass is 35.5. The fraction of sp³-hybridized carbons (Fsp3) is 0.571. The smallest absolute Gasteiger partial charge is 0.336 e. The van der Waals surface area contributed by atoms with Crippen LogP contribution in [0.25, 0.3) is 0 Å². The van der Waals surface area contributed by atoms with Crippen molar-refractivity contribution in [3.05, 3.63) is 32.6 Å². The van der Waals surface area contributed by atoms with Crippen LogP contribution >= 0.6 is 22.9 Å². The molecule has 8 heteroatoms. The molecule has 0 aromatic carbocycles. The number of aliphatic imine (C=N–C) groups is 1. The molecular weight excluding hydrogens is 414 g/mol. The van der Waals surface area contributed by atoms with Crippen LogP contribution < -0.4 is 0 Å². The first-order chi connectivity index (χ1) is 13.9. The highest BCUT2D eigenvalue weighted by Crippen LogP contribution is 2.44. The molecule has 0 bridgehead atoms. The topological polar surface area (TPSA) is 74.2 Å². The lowest BCUT2D eigenvalue weighted by Crippen LogP contribution is -2.37. The maximum absolute atomic E-state index is 13.2. The van der Waals surface area contributed by atoms with Crippen molar-refractivity contribution in [1.29, 1.82) is 0 Å². The van der Waals surface area contributed by atoms with Crippen molar-refractivity contribution >= 4 is 40.6 Å². The molecule has 0 saturated heterocycles. The SMILES string of the molecule is COCCOC(=O)C1=C(C)N=C(C)C(C(=O)OC2CCCC2)C1c1ccsc1Cl. The van der Waals surface area contributed by atoms with Gasteiger partial charge in [-0.05, 0) is 56.5 Å². The molecule has 0 radical (unpaired) electrons. The van der Waals surface area contributed by atoms with Crippen molar-refractivity contribution in [2.24, 2.45) is 10.9 Å². The zero-order valence-electron chi connectivity index (χ0n) is 16.9. The van der Waals surface area contributed by atoms with Gasteiger partial charge in [0.25, 0.3) is 0 Å². The van der Waals surface area contributed by atoms with Crippen molar-refractivity contribution in [2.45, 2.75) is 51.6 Å². The summed E-state index contributed by atoms with van der Waals surface area (Å²) >= 11 is 7.80. The fourth-order valence-corrected chi connectivity index (χ4v) is 5.01. The number of hydrogen-bond acceptors (Lipinski definition) is 7. The molecule has 158 valence electrons. The molecule has 1 aliphatic carbocycles. The average molecular weight is 440 g/mol. The number of ether oxygens (including phenoxy) is 3. The van der Waals surface area contributed by atoms with Crippen molar-refractivity contribution in [3.63, 3.8) is 0 Å². The Bertz CT molecular complexity index is 825. The lowest BCUT2D eigenvalue weighted by Gasteiger charge is -2.32. The zero-order valence-corrected chi connectivity index (χ0v) is 18.5. The predicted molar refractivity (Wildman–Crippen MR) is 113 cm³/mol. The number of halogens is 1. The molecule has 1 aromatic heterocycles. The van der Waals surface area contributed by atoms with Crippen LogP contribution in [0.2, 0.25) is 4.34 Å². The Morgan fingerprint density at radius 1 is 1.24 bits per heavy atom. The minimum Gasteiger partial charge on any atom is -0.462 e. The number of methoxy groups -OCH3 is 1. The van der Waals surface area contributed by atoms with Crippen molar-refractivity contribution in [2.75, 3.05) is 20.3 Å². The normalized spacial score (nSPS) is 22.6. The van der Waals surface area contributed by atoms with Crippen LogP contribution in [0.1, 0.15) is 51.0 Å². The first kappa shape index (κ1) is 22.0. The van der Waals surface area contributed by atoms with Crippen LogP contribution in [0, 0.1) is 5.92 Å². The molecule has 6 nitrogen and oxygen atoms in total. The van der Waals surface area contributed by atoms with Gasteiger partial charge in [-0.25, -0.2) is 4.79 Å². The second kappa shape index (κ2) is 9.87. The molecule has 2 atom stereocenters. The van der Waals surface area contributed by atoms with E-state index in [1.807, 2.05) is 11.4 Å². The van der Waals surface area contributed by atoms with E-state index in [1.165, 1.54) is 18.4 Å². The third-order valence-electron chi connectivity index (χ3n) is 5.39. The Labute approximate surface area is 179 Å². The summed E-state index contributed by atoms with van der Waals surface area (Å²) < 4.78 is 16.7. The zero-order chi connectivity index (χ0) is 21.0. The number of carbonyl (C=O) groups excluding carboxylic acids is 2. The van der Waals surface area contributed by atoms with Crippen molar-refractivity contribution in [3.8, 4) is 0 Å². The first-order valence-electron chi connectivity index (χ1n) is 9.79. The highest BCUT2D eigenvalue weighted by molar-refractivity contribution is 7.14. The van der Waals surface area contributed by atoms with E-state index < -0.39 is 17.8 Å². The van der Waals surface area contributed by atoms with Gasteiger partial charge >= 0.3 is 11.9 Å². The average Bonchev–Trinajstić information content (AvgIpc) is 3.32. The van der Waals surface area contributed by atoms with Crippen molar-refractivity contribution in [1.82, 2.24) is 0 Å². The minimum atomic E-state index is -0.712. The van der Waals surface area contributed by atoms with Gasteiger partial charge in [0.05, 0.1) is 16.5 Å². The number of thiophene rings is 1. The van der Waals surface area contributed by atoms with E-state index in [9.17, 15) is 9.59 Å². The van der Waals surface area contributed by atoms with E-state index in [1.54, 1.807) is 13.8 Å². The van der Waals surface area contributed by atoms with Crippen LogP contribution in [-0.2, 0) is 23.8 Å². The van der Waals surface area contributed by atoms with Gasteiger partial charge in [-0.2, -0.15) is 0 Å². The summed E-state index contributed by atoms with van der Waals surface area (Å²) in [5, 5.41) is 1.85. The quantitative estimate of drug-likeness (QED) is 0.461. The fourth-order valence-electron chi connectivity index (χ4n) is 4.01. The third kappa shape index (κ3) is 4.90. The Morgan fingerprint density at radius 2 is 1.97 bits per heavy atom. The third-order valence-corrected chi connectivity index (χ3v) is 6.59. The number of hydrogen-bond donors (Lipinski definition) is 0. The lowest BCUT2D eigenvalue weighted by atomic mass is 9.76. The molecule has 0 amide bonds. The van der Waals surface area contributed by atoms with Crippen molar-refractivity contribution < 1.29 is 23.8 Å². The summed E-state index contributed by atoms with van der Waals surface area (Å²) in [4.78, 5) is 30.6. The van der Waals surface area contributed by atoms with E-state index in [4.69, 9.17) is 25.8 Å². The van der Waals surface area contributed by atoms with Gasteiger partial charge in [-0.3, -0.25) is 9.79 Å². The maximum Gasteiger partial charge on any atom is 0.336 e. The van der Waals surface area contributed by atoms with Crippen LogP contribution in [0.15, 0.2) is 27.7 Å². The molecule has 29 heavy (non-hydrogen) atoms. The Kier molecular flexibility index (Phi) is 7.49. The largest absolute Gasteiger partial charge is 0.462 e. The van der Waals surface area contributed by atoms with Gasteiger partial charge in [0, 0.05) is 24.4 Å². The van der Waals surface area contributed by atoms with E-state index in [0.29, 0.717) is 21.3 Å². The van der Waals surface area contributed by atoms with E-state index >= 15 is 0 Å². The Balaban J connectivity index is 1.96. The Morgan fingerprint density at radius 3 is 2.59 bits per heavy atom. The summed E-state index contributed by atoms with van der Waals surface area (Å²) in [5.41, 5.74) is 2.21. The highest BCUT2D eigenvalue weighted by Gasteiger charge is 2.44. The van der Waals surface area contributed by atoms with Crippen LogP contribution in [0.3, 0.4) is 0 Å². The lowest BCUT2D eigenvalue weighted by molar-refractivity contribution is -0.152. The van der Waals surface area contributed by atoms with Crippen LogP contribution in [0.4, 0.5) is 0 Å². The summed E-state index contributed by atoms with van der Waals surface area (Å²) in [7, 11) is 1.54. The van der Waals surface area contributed by atoms with E-state index in [-0.39, 0.29) is 25.3 Å². The van der Waals surface area contributed by atoms with Crippen LogP contribution in [0.5, 0.6) is 0 Å². The molecular formula is C21H26ClNO5S. The van der Waals surface area contributed by atoms with Gasteiger partial charge < -0.3 is 14.2 Å². The molecule has 1 fully saturated rings. The molecule has 0 N–H and O–H groups in total. The second-order valence-electron chi connectivity index (χ2n) is 7.33. The minimum absolute atomic E-state index is 0.0713. The summed E-state index contributed by atoms with van der Waals surface area (Å²) in [6.45, 7) is 3.96. The molecule has 1 aromatic rings. The predicted octanol–water partition coefficient (Wildman–Crippen LogP) is 4.53. The number of carbonyl (C=O) groups is 2. The molecule has 1 saturated carbocycles. The molecule has 3 rings (SSSR count). The standard InChI is InChI=1S/C21H26ClNO5S/c1-12-16(20(24)27-10-9-26-3)18(15-8-11-29-19(15)22)17(13(2)23-12)21(25)28-14-6-4-5-7-14/h8,11,14,17-18H,4-7,9-10H2,1-3H3. The maximum atomic E-state index is 13.2. The first-order valence-corrected chi connectivity index (χ1v) is 11.0. The molecule has 1 aliphatic heterocycles. The number of rotatable bonds is 7. The number of allylic oxidation sites excluding steroid dienone is 1.